The van der Waals surface area contributed by atoms with Gasteiger partial charge < -0.3 is 10.2 Å². The van der Waals surface area contributed by atoms with Crippen molar-refractivity contribution in [2.24, 2.45) is 5.41 Å². The van der Waals surface area contributed by atoms with Crippen molar-refractivity contribution in [3.05, 3.63) is 0 Å². The minimum Gasteiger partial charge on any atom is -0.480 e. The van der Waals surface area contributed by atoms with Gasteiger partial charge in [-0.1, -0.05) is 41.9 Å². The zero-order chi connectivity index (χ0) is 19.0. The summed E-state index contributed by atoms with van der Waals surface area (Å²) in [6, 6.07) is 0. The molecule has 0 radical (unpaired) electrons. The summed E-state index contributed by atoms with van der Waals surface area (Å²) in [5, 5.41) is 18.4. The molecule has 0 saturated carbocycles. The summed E-state index contributed by atoms with van der Waals surface area (Å²) in [6.07, 6.45) is -6.80. The minimum absolute atomic E-state index is 0.255. The van der Waals surface area contributed by atoms with E-state index in [1.54, 1.807) is 0 Å². The Balaban J connectivity index is 4.85. The maximum absolute atomic E-state index is 12.9. The number of alkyl halides is 6. The standard InChI is InChI=1S/C14H20F5IO4/c15-13(16,14(17,18)19)8-5-7-12(10(21)22,11(23)24)6-3-1-2-4-9-20/h1-9H2,(H,21,22)(H,23,24). The number of aliphatic carboxylic acids is 2. The van der Waals surface area contributed by atoms with Crippen molar-refractivity contribution in [3.8, 4) is 0 Å². The lowest BCUT2D eigenvalue weighted by atomic mass is 9.77. The monoisotopic (exact) mass is 474 g/mol. The molecular formula is C14H20F5IO4. The Bertz CT molecular complexity index is 412. The van der Waals surface area contributed by atoms with Crippen LogP contribution in [-0.4, -0.2) is 38.7 Å². The quantitative estimate of drug-likeness (QED) is 0.139. The predicted molar refractivity (Wildman–Crippen MR) is 84.5 cm³/mol. The number of carbonyl (C=O) groups is 2. The molecular weight excluding hydrogens is 454 g/mol. The molecule has 4 nitrogen and oxygen atoms in total. The second kappa shape index (κ2) is 9.71. The number of carboxylic acids is 2. The van der Waals surface area contributed by atoms with E-state index < -0.39 is 48.7 Å². The molecule has 10 heteroatoms. The molecule has 24 heavy (non-hydrogen) atoms. The first-order chi connectivity index (χ1) is 10.9. The molecule has 0 amide bonds. The second-order valence-corrected chi connectivity index (χ2v) is 6.68. The van der Waals surface area contributed by atoms with Crippen LogP contribution in [0.5, 0.6) is 0 Å². The van der Waals surface area contributed by atoms with E-state index >= 15 is 0 Å². The number of unbranched alkanes of at least 4 members (excludes halogenated alkanes) is 3. The van der Waals surface area contributed by atoms with Crippen LogP contribution in [0.3, 0.4) is 0 Å². The molecule has 142 valence electrons. The van der Waals surface area contributed by atoms with Gasteiger partial charge in [0.15, 0.2) is 5.41 Å². The Labute approximate surface area is 149 Å². The van der Waals surface area contributed by atoms with E-state index in [1.807, 2.05) is 0 Å². The summed E-state index contributed by atoms with van der Waals surface area (Å²) >= 11 is 2.16. The molecule has 0 fully saturated rings. The van der Waals surface area contributed by atoms with Crippen molar-refractivity contribution in [1.29, 1.82) is 0 Å². The molecule has 0 rings (SSSR count). The van der Waals surface area contributed by atoms with Crippen LogP contribution in [0.1, 0.15) is 51.4 Å². The highest BCUT2D eigenvalue weighted by Gasteiger charge is 2.57. The van der Waals surface area contributed by atoms with Crippen molar-refractivity contribution >= 4 is 34.5 Å². The summed E-state index contributed by atoms with van der Waals surface area (Å²) in [5.74, 6) is -8.38. The van der Waals surface area contributed by atoms with E-state index in [-0.39, 0.29) is 12.8 Å². The zero-order valence-electron chi connectivity index (χ0n) is 12.8. The van der Waals surface area contributed by atoms with Crippen LogP contribution < -0.4 is 0 Å². The second-order valence-electron chi connectivity index (χ2n) is 5.60. The first kappa shape index (κ1) is 23.3. The van der Waals surface area contributed by atoms with Crippen molar-refractivity contribution in [2.75, 3.05) is 4.43 Å². The maximum atomic E-state index is 12.9. The average Bonchev–Trinajstić information content (AvgIpc) is 2.43. The lowest BCUT2D eigenvalue weighted by molar-refractivity contribution is -0.284. The third-order valence-electron chi connectivity index (χ3n) is 3.81. The largest absolute Gasteiger partial charge is 0.480 e. The first-order valence-corrected chi connectivity index (χ1v) is 8.90. The highest BCUT2D eigenvalue weighted by Crippen LogP contribution is 2.41. The lowest BCUT2D eigenvalue weighted by Crippen LogP contribution is -2.41. The van der Waals surface area contributed by atoms with Gasteiger partial charge in [-0.25, -0.2) is 0 Å². The number of halogens is 6. The fourth-order valence-corrected chi connectivity index (χ4v) is 2.81. The fraction of sp³-hybridized carbons (Fsp3) is 0.857. The van der Waals surface area contributed by atoms with E-state index in [0.29, 0.717) is 6.42 Å². The molecule has 2 N–H and O–H groups in total. The number of carboxylic acid groups (broad SMARTS) is 2. The third-order valence-corrected chi connectivity index (χ3v) is 4.58. The van der Waals surface area contributed by atoms with Gasteiger partial charge in [-0.2, -0.15) is 22.0 Å². The first-order valence-electron chi connectivity index (χ1n) is 7.38. The smallest absolute Gasteiger partial charge is 0.453 e. The average molecular weight is 474 g/mol. The molecule has 0 aliphatic heterocycles. The molecule has 0 aliphatic rings. The van der Waals surface area contributed by atoms with Crippen LogP contribution in [0.15, 0.2) is 0 Å². The van der Waals surface area contributed by atoms with Crippen LogP contribution in [-0.2, 0) is 9.59 Å². The van der Waals surface area contributed by atoms with Crippen molar-refractivity contribution in [1.82, 2.24) is 0 Å². The van der Waals surface area contributed by atoms with Crippen LogP contribution in [0.4, 0.5) is 22.0 Å². The molecule has 0 bridgehead atoms. The Morgan fingerprint density at radius 1 is 0.750 bits per heavy atom. The predicted octanol–water partition coefficient (Wildman–Crippen LogP) is 4.90. The summed E-state index contributed by atoms with van der Waals surface area (Å²) in [5.41, 5.74) is -2.33. The van der Waals surface area contributed by atoms with Gasteiger partial charge in [-0.05, 0) is 30.1 Å². The maximum Gasteiger partial charge on any atom is 0.453 e. The van der Waals surface area contributed by atoms with Crippen LogP contribution in [0.25, 0.3) is 0 Å². The van der Waals surface area contributed by atoms with Gasteiger partial charge in [-0.3, -0.25) is 9.59 Å². The number of rotatable bonds is 12. The Hall–Kier alpha value is -0.680. The highest BCUT2D eigenvalue weighted by atomic mass is 127. The molecule has 0 aromatic heterocycles. The summed E-state index contributed by atoms with van der Waals surface area (Å²) in [4.78, 5) is 22.7. The van der Waals surface area contributed by atoms with E-state index in [9.17, 15) is 41.8 Å². The van der Waals surface area contributed by atoms with Gasteiger partial charge in [0.2, 0.25) is 0 Å². The van der Waals surface area contributed by atoms with E-state index in [2.05, 4.69) is 22.6 Å². The molecule has 0 spiro atoms. The highest BCUT2D eigenvalue weighted by molar-refractivity contribution is 14.1. The normalized spacial score (nSPS) is 13.1. The van der Waals surface area contributed by atoms with Crippen molar-refractivity contribution in [2.45, 2.75) is 63.5 Å². The minimum atomic E-state index is -5.73. The topological polar surface area (TPSA) is 74.6 Å². The van der Waals surface area contributed by atoms with Gasteiger partial charge in [0.25, 0.3) is 0 Å². The van der Waals surface area contributed by atoms with Gasteiger partial charge in [-0.15, -0.1) is 0 Å². The molecule has 0 saturated heterocycles. The molecule has 0 unspecified atom stereocenters. The molecule has 0 aromatic carbocycles. The van der Waals surface area contributed by atoms with Gasteiger partial charge in [0.05, 0.1) is 0 Å². The number of hydrogen-bond acceptors (Lipinski definition) is 2. The van der Waals surface area contributed by atoms with Crippen LogP contribution >= 0.6 is 22.6 Å². The molecule has 0 aliphatic carbocycles. The van der Waals surface area contributed by atoms with Gasteiger partial charge in [0, 0.05) is 6.42 Å². The van der Waals surface area contributed by atoms with E-state index in [0.717, 1.165) is 17.3 Å². The van der Waals surface area contributed by atoms with E-state index in [4.69, 9.17) is 0 Å². The third kappa shape index (κ3) is 6.67. The van der Waals surface area contributed by atoms with Crippen LogP contribution in [0, 0.1) is 5.41 Å². The van der Waals surface area contributed by atoms with Gasteiger partial charge >= 0.3 is 24.0 Å². The van der Waals surface area contributed by atoms with Crippen molar-refractivity contribution < 1.29 is 41.8 Å². The van der Waals surface area contributed by atoms with Crippen molar-refractivity contribution in [3.63, 3.8) is 0 Å². The Morgan fingerprint density at radius 3 is 1.62 bits per heavy atom. The summed E-state index contributed by atoms with van der Waals surface area (Å²) in [6.45, 7) is 0. The zero-order valence-corrected chi connectivity index (χ0v) is 15.0. The van der Waals surface area contributed by atoms with Gasteiger partial charge in [0.1, 0.15) is 0 Å². The molecule has 0 aromatic rings. The summed E-state index contributed by atoms with van der Waals surface area (Å²) in [7, 11) is 0. The number of hydrogen-bond donors (Lipinski definition) is 2. The lowest BCUT2D eigenvalue weighted by Gasteiger charge is -2.26. The SMILES string of the molecule is O=C(O)C(CCCCCCI)(CCCC(F)(F)C(F)(F)F)C(=O)O. The molecule has 0 heterocycles. The van der Waals surface area contributed by atoms with E-state index in [1.165, 1.54) is 0 Å². The Kier molecular flexibility index (Phi) is 9.44. The fourth-order valence-electron chi connectivity index (χ4n) is 2.27. The van der Waals surface area contributed by atoms with Crippen LogP contribution in [0.2, 0.25) is 0 Å². The Morgan fingerprint density at radius 2 is 1.21 bits per heavy atom. The molecule has 0 atom stereocenters. The summed E-state index contributed by atoms with van der Waals surface area (Å²) < 4.78 is 63.0.